The number of nitrogens with two attached hydrogens (primary N) is 1. The van der Waals surface area contributed by atoms with Crippen LogP contribution in [0, 0.1) is 5.92 Å². The zero-order chi connectivity index (χ0) is 8.15. The van der Waals surface area contributed by atoms with Gasteiger partial charge in [-0.3, -0.25) is 4.79 Å². The molecule has 0 aliphatic heterocycles. The zero-order valence-corrected chi connectivity index (χ0v) is 6.50. The van der Waals surface area contributed by atoms with Crippen LogP contribution in [0.1, 0.15) is 26.7 Å². The number of carboxylic acids is 1. The molecule has 3 heteroatoms. The molecule has 0 heterocycles. The Labute approximate surface area is 61.2 Å². The molecule has 10 heavy (non-hydrogen) atoms. The average Bonchev–Trinajstić information content (AvgIpc) is 1.87. The van der Waals surface area contributed by atoms with Crippen LogP contribution in [0.4, 0.5) is 0 Å². The van der Waals surface area contributed by atoms with Crippen LogP contribution >= 0.6 is 0 Å². The van der Waals surface area contributed by atoms with Crippen molar-refractivity contribution in [1.29, 1.82) is 0 Å². The van der Waals surface area contributed by atoms with Gasteiger partial charge in [-0.1, -0.05) is 20.3 Å². The lowest BCUT2D eigenvalue weighted by atomic mass is 10.0. The highest BCUT2D eigenvalue weighted by atomic mass is 16.4. The third-order valence-electron chi connectivity index (χ3n) is 1.67. The van der Waals surface area contributed by atoms with Crippen molar-refractivity contribution in [3.63, 3.8) is 0 Å². The van der Waals surface area contributed by atoms with Crippen LogP contribution in [-0.4, -0.2) is 17.1 Å². The van der Waals surface area contributed by atoms with Gasteiger partial charge in [-0.2, -0.15) is 0 Å². The highest BCUT2D eigenvalue weighted by molar-refractivity contribution is 5.72. The van der Waals surface area contributed by atoms with Crippen molar-refractivity contribution in [3.8, 4) is 0 Å². The molecule has 0 fully saturated rings. The molecule has 0 aromatic rings. The highest BCUT2D eigenvalue weighted by Gasteiger charge is 2.13. The van der Waals surface area contributed by atoms with Crippen LogP contribution in [0.3, 0.4) is 0 Å². The van der Waals surface area contributed by atoms with E-state index in [0.29, 0.717) is 12.3 Å². The van der Waals surface area contributed by atoms with E-state index in [1.807, 2.05) is 13.8 Å². The van der Waals surface area contributed by atoms with E-state index in [0.717, 1.165) is 6.42 Å². The molecule has 0 spiro atoms. The molecule has 0 bridgehead atoms. The normalized spacial score (nSPS) is 16.3. The Balaban J connectivity index is 3.56. The van der Waals surface area contributed by atoms with Gasteiger partial charge in [0, 0.05) is 0 Å². The standard InChI is InChI=1S/C7H15NO2/c1-3-5(2)4-6(8)7(9)10/h5-6H,3-4,8H2,1-2H3,(H,9,10)/t5-,6?/m0/s1. The summed E-state index contributed by atoms with van der Waals surface area (Å²) >= 11 is 0. The minimum absolute atomic E-state index is 0.408. The Morgan fingerprint density at radius 1 is 1.70 bits per heavy atom. The molecule has 2 atom stereocenters. The summed E-state index contributed by atoms with van der Waals surface area (Å²) in [7, 11) is 0. The van der Waals surface area contributed by atoms with Gasteiger partial charge >= 0.3 is 5.97 Å². The Morgan fingerprint density at radius 3 is 2.50 bits per heavy atom. The van der Waals surface area contributed by atoms with E-state index >= 15 is 0 Å². The van der Waals surface area contributed by atoms with Gasteiger partial charge in [0.05, 0.1) is 0 Å². The van der Waals surface area contributed by atoms with Crippen molar-refractivity contribution in [2.45, 2.75) is 32.7 Å². The summed E-state index contributed by atoms with van der Waals surface area (Å²) in [5, 5.41) is 8.40. The number of aliphatic carboxylic acids is 1. The first kappa shape index (κ1) is 9.43. The van der Waals surface area contributed by atoms with Crippen LogP contribution in [0.2, 0.25) is 0 Å². The van der Waals surface area contributed by atoms with Gasteiger partial charge in [0.15, 0.2) is 0 Å². The van der Waals surface area contributed by atoms with Gasteiger partial charge < -0.3 is 10.8 Å². The van der Waals surface area contributed by atoms with Gasteiger partial charge in [0.25, 0.3) is 0 Å². The summed E-state index contributed by atoms with van der Waals surface area (Å²) in [5.74, 6) is -0.494. The maximum atomic E-state index is 10.2. The number of hydrogen-bond donors (Lipinski definition) is 2. The lowest BCUT2D eigenvalue weighted by Gasteiger charge is -2.10. The van der Waals surface area contributed by atoms with Crippen LogP contribution in [0.5, 0.6) is 0 Å². The number of hydrogen-bond acceptors (Lipinski definition) is 2. The molecule has 3 nitrogen and oxygen atoms in total. The fourth-order valence-corrected chi connectivity index (χ4v) is 0.701. The number of carboxylic acid groups (broad SMARTS) is 1. The maximum absolute atomic E-state index is 10.2. The van der Waals surface area contributed by atoms with Gasteiger partial charge in [-0.15, -0.1) is 0 Å². The van der Waals surface area contributed by atoms with Crippen molar-refractivity contribution in [1.82, 2.24) is 0 Å². The van der Waals surface area contributed by atoms with E-state index in [1.54, 1.807) is 0 Å². The van der Waals surface area contributed by atoms with Crippen molar-refractivity contribution >= 4 is 5.97 Å². The molecular formula is C7H15NO2. The molecule has 0 aliphatic rings. The fraction of sp³-hybridized carbons (Fsp3) is 0.857. The third kappa shape index (κ3) is 3.45. The molecule has 1 unspecified atom stereocenters. The topological polar surface area (TPSA) is 63.3 Å². The molecule has 0 aromatic heterocycles. The number of rotatable bonds is 4. The van der Waals surface area contributed by atoms with Gasteiger partial charge in [0.1, 0.15) is 6.04 Å². The van der Waals surface area contributed by atoms with E-state index < -0.39 is 12.0 Å². The summed E-state index contributed by atoms with van der Waals surface area (Å²) < 4.78 is 0. The summed E-state index contributed by atoms with van der Waals surface area (Å²) in [6.07, 6.45) is 1.56. The predicted octanol–water partition coefficient (Wildman–Crippen LogP) is 0.834. The first-order valence-electron chi connectivity index (χ1n) is 3.56. The quantitative estimate of drug-likeness (QED) is 0.616. The fourth-order valence-electron chi connectivity index (χ4n) is 0.701. The molecule has 60 valence electrons. The third-order valence-corrected chi connectivity index (χ3v) is 1.67. The van der Waals surface area contributed by atoms with Crippen LogP contribution in [0.15, 0.2) is 0 Å². The van der Waals surface area contributed by atoms with Crippen molar-refractivity contribution in [3.05, 3.63) is 0 Å². The maximum Gasteiger partial charge on any atom is 0.320 e. The summed E-state index contributed by atoms with van der Waals surface area (Å²) in [6.45, 7) is 4.03. The molecule has 0 saturated heterocycles. The molecule has 0 rings (SSSR count). The van der Waals surface area contributed by atoms with Gasteiger partial charge in [-0.25, -0.2) is 0 Å². The first-order valence-corrected chi connectivity index (χ1v) is 3.56. The predicted molar refractivity (Wildman–Crippen MR) is 39.7 cm³/mol. The molecule has 0 amide bonds. The lowest BCUT2D eigenvalue weighted by Crippen LogP contribution is -2.31. The Hall–Kier alpha value is -0.570. The van der Waals surface area contributed by atoms with E-state index in [9.17, 15) is 4.79 Å². The second kappa shape index (κ2) is 4.28. The lowest BCUT2D eigenvalue weighted by molar-refractivity contribution is -0.138. The molecule has 0 saturated carbocycles. The van der Waals surface area contributed by atoms with Crippen LogP contribution < -0.4 is 5.73 Å². The van der Waals surface area contributed by atoms with Gasteiger partial charge in [0.2, 0.25) is 0 Å². The van der Waals surface area contributed by atoms with E-state index in [4.69, 9.17) is 10.8 Å². The van der Waals surface area contributed by atoms with Gasteiger partial charge in [-0.05, 0) is 12.3 Å². The van der Waals surface area contributed by atoms with E-state index in [2.05, 4.69) is 0 Å². The molecule has 3 N–H and O–H groups in total. The van der Waals surface area contributed by atoms with Crippen molar-refractivity contribution < 1.29 is 9.90 Å². The second-order valence-electron chi connectivity index (χ2n) is 2.69. The molecule has 0 aliphatic carbocycles. The summed E-state index contributed by atoms with van der Waals surface area (Å²) in [6, 6.07) is -0.685. The van der Waals surface area contributed by atoms with Crippen LogP contribution in [-0.2, 0) is 4.79 Å². The van der Waals surface area contributed by atoms with Crippen LogP contribution in [0.25, 0.3) is 0 Å². The number of carbonyl (C=O) groups is 1. The average molecular weight is 145 g/mol. The minimum atomic E-state index is -0.902. The molecule has 0 radical (unpaired) electrons. The van der Waals surface area contributed by atoms with Crippen molar-refractivity contribution in [2.24, 2.45) is 11.7 Å². The summed E-state index contributed by atoms with van der Waals surface area (Å²) in [5.41, 5.74) is 5.29. The minimum Gasteiger partial charge on any atom is -0.480 e. The summed E-state index contributed by atoms with van der Waals surface area (Å²) in [4.78, 5) is 10.2. The second-order valence-corrected chi connectivity index (χ2v) is 2.69. The monoisotopic (exact) mass is 145 g/mol. The largest absolute Gasteiger partial charge is 0.480 e. The Kier molecular flexibility index (Phi) is 4.03. The molecular weight excluding hydrogens is 130 g/mol. The van der Waals surface area contributed by atoms with E-state index in [-0.39, 0.29) is 0 Å². The Bertz CT molecular complexity index is 114. The highest BCUT2D eigenvalue weighted by Crippen LogP contribution is 2.07. The molecule has 0 aromatic carbocycles. The Morgan fingerprint density at radius 2 is 2.20 bits per heavy atom. The first-order chi connectivity index (χ1) is 4.57. The van der Waals surface area contributed by atoms with E-state index in [1.165, 1.54) is 0 Å². The smallest absolute Gasteiger partial charge is 0.320 e. The SMILES string of the molecule is CC[C@H](C)CC(N)C(=O)O. The zero-order valence-electron chi connectivity index (χ0n) is 6.50. The van der Waals surface area contributed by atoms with Crippen molar-refractivity contribution in [2.75, 3.05) is 0 Å².